The number of halogens is 2. The van der Waals surface area contributed by atoms with Gasteiger partial charge in [-0.05, 0) is 50.1 Å². The Morgan fingerprint density at radius 2 is 1.93 bits per heavy atom. The van der Waals surface area contributed by atoms with Gasteiger partial charge in [-0.2, -0.15) is 0 Å². The van der Waals surface area contributed by atoms with Crippen LogP contribution in [0.25, 0.3) is 0 Å². The van der Waals surface area contributed by atoms with Crippen molar-refractivity contribution in [3.63, 3.8) is 0 Å². The van der Waals surface area contributed by atoms with Crippen LogP contribution in [0.2, 0.25) is 10.0 Å². The van der Waals surface area contributed by atoms with Crippen LogP contribution >= 0.6 is 23.2 Å². The molecule has 1 aromatic rings. The van der Waals surface area contributed by atoms with Gasteiger partial charge < -0.3 is 0 Å². The molecule has 1 aliphatic heterocycles. The van der Waals surface area contributed by atoms with Crippen LogP contribution in [0.4, 0.5) is 0 Å². The van der Waals surface area contributed by atoms with Gasteiger partial charge in [-0.15, -0.1) is 0 Å². The molecule has 0 bridgehead atoms. The summed E-state index contributed by atoms with van der Waals surface area (Å²) in [7, 11) is 0. The van der Waals surface area contributed by atoms with Gasteiger partial charge in [0.1, 0.15) is 0 Å². The highest BCUT2D eigenvalue weighted by Gasteiger charge is 2.20. The number of rotatable bonds is 2. The Balaban J connectivity index is 2.10. The second-order valence-corrected chi connectivity index (χ2v) is 5.11. The number of nitrogens with zero attached hydrogens (tertiary/aromatic N) is 1. The lowest BCUT2D eigenvalue weighted by atomic mass is 10.2. The molecule has 0 amide bonds. The van der Waals surface area contributed by atoms with Crippen molar-refractivity contribution in [2.24, 2.45) is 0 Å². The van der Waals surface area contributed by atoms with Gasteiger partial charge in [-0.25, -0.2) is 0 Å². The Kier molecular flexibility index (Phi) is 3.55. The summed E-state index contributed by atoms with van der Waals surface area (Å²) in [4.78, 5) is 2.47. The van der Waals surface area contributed by atoms with Gasteiger partial charge in [-0.3, -0.25) is 4.90 Å². The van der Waals surface area contributed by atoms with Crippen LogP contribution in [0.3, 0.4) is 0 Å². The van der Waals surface area contributed by atoms with Gasteiger partial charge in [0, 0.05) is 22.6 Å². The van der Waals surface area contributed by atoms with Gasteiger partial charge >= 0.3 is 0 Å². The van der Waals surface area contributed by atoms with Crippen molar-refractivity contribution in [2.75, 3.05) is 6.54 Å². The molecule has 0 spiro atoms. The third kappa shape index (κ3) is 2.87. The highest BCUT2D eigenvalue weighted by atomic mass is 35.5. The second kappa shape index (κ2) is 4.73. The highest BCUT2D eigenvalue weighted by Crippen LogP contribution is 2.23. The van der Waals surface area contributed by atoms with Gasteiger partial charge in [-0.1, -0.05) is 23.2 Å². The molecule has 1 fully saturated rings. The van der Waals surface area contributed by atoms with Crippen molar-refractivity contribution in [1.82, 2.24) is 4.90 Å². The lowest BCUT2D eigenvalue weighted by Crippen LogP contribution is -2.26. The van der Waals surface area contributed by atoms with E-state index in [1.807, 2.05) is 12.1 Å². The van der Waals surface area contributed by atoms with E-state index in [-0.39, 0.29) is 0 Å². The summed E-state index contributed by atoms with van der Waals surface area (Å²) in [6.07, 6.45) is 2.60. The van der Waals surface area contributed by atoms with Crippen LogP contribution in [-0.4, -0.2) is 17.5 Å². The molecule has 2 rings (SSSR count). The average Bonchev–Trinajstić information content (AvgIpc) is 2.50. The maximum absolute atomic E-state index is 5.97. The first-order chi connectivity index (χ1) is 7.15. The zero-order valence-electron chi connectivity index (χ0n) is 8.84. The summed E-state index contributed by atoms with van der Waals surface area (Å²) in [5.74, 6) is 0. The molecule has 0 aromatic heterocycles. The number of hydrogen-bond donors (Lipinski definition) is 0. The normalized spacial score (nSPS) is 22.2. The van der Waals surface area contributed by atoms with E-state index in [4.69, 9.17) is 23.2 Å². The minimum Gasteiger partial charge on any atom is -0.296 e. The minimum absolute atomic E-state index is 0.683. The Bertz CT molecular complexity index is 331. The molecule has 0 radical (unpaired) electrons. The van der Waals surface area contributed by atoms with Crippen LogP contribution in [0.5, 0.6) is 0 Å². The fourth-order valence-electron chi connectivity index (χ4n) is 2.16. The van der Waals surface area contributed by atoms with E-state index >= 15 is 0 Å². The van der Waals surface area contributed by atoms with Gasteiger partial charge in [0.15, 0.2) is 0 Å². The summed E-state index contributed by atoms with van der Waals surface area (Å²) in [6.45, 7) is 4.42. The van der Waals surface area contributed by atoms with Crippen LogP contribution < -0.4 is 0 Å². The second-order valence-electron chi connectivity index (χ2n) is 4.24. The standard InChI is InChI=1S/C12H15Cl2N/c1-9-3-2-4-15(9)8-10-5-11(13)7-12(14)6-10/h5-7,9H,2-4,8H2,1H3. The topological polar surface area (TPSA) is 3.24 Å². The first-order valence-electron chi connectivity index (χ1n) is 5.34. The molecule has 3 heteroatoms. The van der Waals surface area contributed by atoms with E-state index in [1.54, 1.807) is 6.07 Å². The van der Waals surface area contributed by atoms with E-state index in [1.165, 1.54) is 24.9 Å². The maximum Gasteiger partial charge on any atom is 0.0424 e. The minimum atomic E-state index is 0.683. The smallest absolute Gasteiger partial charge is 0.0424 e. The molecule has 0 aliphatic carbocycles. The highest BCUT2D eigenvalue weighted by molar-refractivity contribution is 6.34. The quantitative estimate of drug-likeness (QED) is 0.760. The molecular weight excluding hydrogens is 229 g/mol. The zero-order chi connectivity index (χ0) is 10.8. The van der Waals surface area contributed by atoms with Crippen molar-refractivity contribution < 1.29 is 0 Å². The lowest BCUT2D eigenvalue weighted by Gasteiger charge is -2.21. The van der Waals surface area contributed by atoms with E-state index in [0.717, 1.165) is 16.6 Å². The molecule has 1 nitrogen and oxygen atoms in total. The Morgan fingerprint density at radius 1 is 1.27 bits per heavy atom. The number of likely N-dealkylation sites (tertiary alicyclic amines) is 1. The monoisotopic (exact) mass is 243 g/mol. The van der Waals surface area contributed by atoms with Gasteiger partial charge in [0.25, 0.3) is 0 Å². The van der Waals surface area contributed by atoms with Crippen LogP contribution in [0.15, 0.2) is 18.2 Å². The molecule has 1 aliphatic rings. The first-order valence-corrected chi connectivity index (χ1v) is 6.10. The van der Waals surface area contributed by atoms with Crippen molar-refractivity contribution in [1.29, 1.82) is 0 Å². The molecule has 15 heavy (non-hydrogen) atoms. The number of benzene rings is 1. The molecule has 1 unspecified atom stereocenters. The number of hydrogen-bond acceptors (Lipinski definition) is 1. The first kappa shape index (κ1) is 11.3. The average molecular weight is 244 g/mol. The van der Waals surface area contributed by atoms with E-state index in [0.29, 0.717) is 6.04 Å². The Morgan fingerprint density at radius 3 is 2.47 bits per heavy atom. The van der Waals surface area contributed by atoms with E-state index in [2.05, 4.69) is 11.8 Å². The molecule has 1 aromatic carbocycles. The van der Waals surface area contributed by atoms with Crippen molar-refractivity contribution in [3.8, 4) is 0 Å². The van der Waals surface area contributed by atoms with Crippen LogP contribution in [-0.2, 0) is 6.54 Å². The summed E-state index contributed by atoms with van der Waals surface area (Å²) in [5.41, 5.74) is 1.21. The summed E-state index contributed by atoms with van der Waals surface area (Å²) in [6, 6.07) is 6.46. The lowest BCUT2D eigenvalue weighted by molar-refractivity contribution is 0.260. The van der Waals surface area contributed by atoms with Crippen molar-refractivity contribution in [3.05, 3.63) is 33.8 Å². The predicted molar refractivity (Wildman–Crippen MR) is 65.6 cm³/mol. The van der Waals surface area contributed by atoms with Gasteiger partial charge in [0.05, 0.1) is 0 Å². The summed E-state index contributed by atoms with van der Waals surface area (Å²) >= 11 is 11.9. The largest absolute Gasteiger partial charge is 0.296 e. The molecule has 1 saturated heterocycles. The zero-order valence-corrected chi connectivity index (χ0v) is 10.4. The van der Waals surface area contributed by atoms with Crippen LogP contribution in [0.1, 0.15) is 25.3 Å². The summed E-state index contributed by atoms with van der Waals surface area (Å²) < 4.78 is 0. The molecule has 1 heterocycles. The molecule has 0 N–H and O–H groups in total. The molecule has 1 atom stereocenters. The van der Waals surface area contributed by atoms with E-state index in [9.17, 15) is 0 Å². The maximum atomic E-state index is 5.97. The molecular formula is C12H15Cl2N. The third-order valence-corrected chi connectivity index (χ3v) is 3.44. The molecule has 82 valence electrons. The predicted octanol–water partition coefficient (Wildman–Crippen LogP) is 3.98. The fourth-order valence-corrected chi connectivity index (χ4v) is 2.74. The Labute approximate surface area is 101 Å². The van der Waals surface area contributed by atoms with Gasteiger partial charge in [0.2, 0.25) is 0 Å². The van der Waals surface area contributed by atoms with Crippen LogP contribution in [0, 0.1) is 0 Å². The Hall–Kier alpha value is -0.240. The van der Waals surface area contributed by atoms with E-state index < -0.39 is 0 Å². The fraction of sp³-hybridized carbons (Fsp3) is 0.500. The third-order valence-electron chi connectivity index (χ3n) is 3.00. The molecule has 0 saturated carbocycles. The SMILES string of the molecule is CC1CCCN1Cc1cc(Cl)cc(Cl)c1. The summed E-state index contributed by atoms with van der Waals surface area (Å²) in [5, 5.41) is 1.45. The van der Waals surface area contributed by atoms with Crippen molar-refractivity contribution in [2.45, 2.75) is 32.4 Å². The van der Waals surface area contributed by atoms with Crippen molar-refractivity contribution >= 4 is 23.2 Å².